The standard InChI is InChI=1S/C16H17N3O6/c1-2-24-15(22)13-11(18-16(23)19-13)9-25-12(20)8-17-14(21)10-6-4-3-5-7-10/h3-7H,2,8-9H2,1H3,(H,17,21)(H2,18,19,23). The molecule has 0 aliphatic carbocycles. The van der Waals surface area contributed by atoms with E-state index in [-0.39, 0.29) is 31.1 Å². The number of aromatic nitrogens is 2. The Hall–Kier alpha value is -3.36. The quantitative estimate of drug-likeness (QED) is 0.620. The van der Waals surface area contributed by atoms with Crippen molar-refractivity contribution < 1.29 is 23.9 Å². The normalized spacial score (nSPS) is 10.1. The van der Waals surface area contributed by atoms with Gasteiger partial charge in [0.05, 0.1) is 12.3 Å². The largest absolute Gasteiger partial charge is 0.461 e. The van der Waals surface area contributed by atoms with Crippen molar-refractivity contribution in [2.75, 3.05) is 13.2 Å². The number of amides is 1. The number of imidazole rings is 1. The van der Waals surface area contributed by atoms with Crippen LogP contribution < -0.4 is 11.0 Å². The van der Waals surface area contributed by atoms with E-state index in [0.717, 1.165) is 0 Å². The third-order valence-corrected chi connectivity index (χ3v) is 3.09. The molecule has 132 valence electrons. The van der Waals surface area contributed by atoms with Crippen molar-refractivity contribution in [1.82, 2.24) is 15.3 Å². The average Bonchev–Trinajstić information content (AvgIpc) is 2.99. The lowest BCUT2D eigenvalue weighted by molar-refractivity contribution is -0.143. The first-order valence-corrected chi connectivity index (χ1v) is 7.48. The van der Waals surface area contributed by atoms with Crippen LogP contribution in [0.1, 0.15) is 33.5 Å². The number of hydrogen-bond donors (Lipinski definition) is 3. The van der Waals surface area contributed by atoms with Crippen molar-refractivity contribution in [2.45, 2.75) is 13.5 Å². The zero-order chi connectivity index (χ0) is 18.2. The van der Waals surface area contributed by atoms with Gasteiger partial charge >= 0.3 is 17.6 Å². The van der Waals surface area contributed by atoms with Crippen LogP contribution in [-0.4, -0.2) is 41.0 Å². The number of benzene rings is 1. The Balaban J connectivity index is 1.87. The predicted octanol–water partition coefficient (Wildman–Crippen LogP) is 0.353. The minimum absolute atomic E-state index is 0.0891. The molecule has 0 atom stereocenters. The van der Waals surface area contributed by atoms with Crippen LogP contribution >= 0.6 is 0 Å². The highest BCUT2D eigenvalue weighted by Crippen LogP contribution is 2.05. The molecule has 0 saturated carbocycles. The summed E-state index contributed by atoms with van der Waals surface area (Å²) in [5, 5.41) is 2.41. The van der Waals surface area contributed by atoms with Crippen molar-refractivity contribution in [3.05, 3.63) is 57.8 Å². The van der Waals surface area contributed by atoms with Gasteiger partial charge in [0.1, 0.15) is 13.2 Å². The van der Waals surface area contributed by atoms with Crippen LogP contribution in [0.3, 0.4) is 0 Å². The molecule has 2 rings (SSSR count). The van der Waals surface area contributed by atoms with Crippen LogP contribution in [0.5, 0.6) is 0 Å². The number of rotatable bonds is 7. The van der Waals surface area contributed by atoms with Gasteiger partial charge in [-0.2, -0.15) is 0 Å². The van der Waals surface area contributed by atoms with Crippen LogP contribution in [0.15, 0.2) is 35.1 Å². The summed E-state index contributed by atoms with van der Waals surface area (Å²) in [6.07, 6.45) is 0. The van der Waals surface area contributed by atoms with E-state index in [9.17, 15) is 19.2 Å². The van der Waals surface area contributed by atoms with Crippen LogP contribution in [-0.2, 0) is 20.9 Å². The molecule has 1 aromatic heterocycles. The zero-order valence-electron chi connectivity index (χ0n) is 13.5. The second kappa shape index (κ2) is 8.48. The van der Waals surface area contributed by atoms with Crippen molar-refractivity contribution >= 4 is 17.8 Å². The molecule has 0 bridgehead atoms. The molecular weight excluding hydrogens is 330 g/mol. The van der Waals surface area contributed by atoms with E-state index in [4.69, 9.17) is 9.47 Å². The molecule has 0 saturated heterocycles. The van der Waals surface area contributed by atoms with Crippen molar-refractivity contribution in [3.8, 4) is 0 Å². The number of carbonyl (C=O) groups is 3. The summed E-state index contributed by atoms with van der Waals surface area (Å²) in [5.41, 5.74) is -0.222. The van der Waals surface area contributed by atoms with Gasteiger partial charge in [0.15, 0.2) is 5.69 Å². The van der Waals surface area contributed by atoms with E-state index >= 15 is 0 Å². The number of H-pyrrole nitrogens is 2. The summed E-state index contributed by atoms with van der Waals surface area (Å²) >= 11 is 0. The van der Waals surface area contributed by atoms with Gasteiger partial charge < -0.3 is 19.8 Å². The topological polar surface area (TPSA) is 130 Å². The highest BCUT2D eigenvalue weighted by molar-refractivity contribution is 5.95. The van der Waals surface area contributed by atoms with Gasteiger partial charge in [-0.15, -0.1) is 0 Å². The fraction of sp³-hybridized carbons (Fsp3) is 0.250. The summed E-state index contributed by atoms with van der Waals surface area (Å²) in [6.45, 7) is 1.07. The minimum Gasteiger partial charge on any atom is -0.461 e. The fourth-order valence-corrected chi connectivity index (χ4v) is 1.95. The van der Waals surface area contributed by atoms with Crippen LogP contribution in [0.2, 0.25) is 0 Å². The summed E-state index contributed by atoms with van der Waals surface area (Å²) in [6, 6.07) is 8.39. The monoisotopic (exact) mass is 347 g/mol. The van der Waals surface area contributed by atoms with Crippen LogP contribution in [0.25, 0.3) is 0 Å². The molecule has 0 aliphatic heterocycles. The Kier molecular flexibility index (Phi) is 6.10. The van der Waals surface area contributed by atoms with Crippen molar-refractivity contribution in [1.29, 1.82) is 0 Å². The Labute approximate surface area is 142 Å². The average molecular weight is 347 g/mol. The molecule has 0 unspecified atom stereocenters. The Morgan fingerprint density at radius 1 is 1.08 bits per heavy atom. The molecule has 3 N–H and O–H groups in total. The molecule has 0 fully saturated rings. The van der Waals surface area contributed by atoms with Gasteiger partial charge in [-0.05, 0) is 19.1 Å². The molecule has 25 heavy (non-hydrogen) atoms. The molecular formula is C16H17N3O6. The predicted molar refractivity (Wildman–Crippen MR) is 85.9 cm³/mol. The Morgan fingerprint density at radius 3 is 2.48 bits per heavy atom. The number of aromatic amines is 2. The number of ether oxygens (including phenoxy) is 2. The maximum atomic E-state index is 11.8. The molecule has 1 heterocycles. The minimum atomic E-state index is -0.732. The van der Waals surface area contributed by atoms with Crippen molar-refractivity contribution in [3.63, 3.8) is 0 Å². The molecule has 9 heteroatoms. The molecule has 2 aromatic rings. The highest BCUT2D eigenvalue weighted by atomic mass is 16.5. The second-order valence-corrected chi connectivity index (χ2v) is 4.86. The van der Waals surface area contributed by atoms with Gasteiger partial charge in [-0.3, -0.25) is 14.6 Å². The Bertz CT molecular complexity index is 809. The highest BCUT2D eigenvalue weighted by Gasteiger charge is 2.18. The van der Waals surface area contributed by atoms with E-state index in [1.807, 2.05) is 0 Å². The maximum absolute atomic E-state index is 11.8. The number of hydrogen-bond acceptors (Lipinski definition) is 6. The van der Waals surface area contributed by atoms with E-state index in [0.29, 0.717) is 5.56 Å². The first kappa shape index (κ1) is 18.0. The molecule has 0 spiro atoms. The van der Waals surface area contributed by atoms with Crippen LogP contribution in [0.4, 0.5) is 0 Å². The number of esters is 2. The molecule has 0 aliphatic rings. The SMILES string of the molecule is CCOC(=O)c1[nH]c(=O)[nH]c1COC(=O)CNC(=O)c1ccccc1. The third kappa shape index (κ3) is 5.06. The molecule has 0 radical (unpaired) electrons. The van der Waals surface area contributed by atoms with Crippen molar-refractivity contribution in [2.24, 2.45) is 0 Å². The number of carbonyl (C=O) groups excluding carboxylic acids is 3. The summed E-state index contributed by atoms with van der Waals surface area (Å²) < 4.78 is 9.74. The first-order valence-electron chi connectivity index (χ1n) is 7.48. The lowest BCUT2D eigenvalue weighted by Gasteiger charge is -2.07. The smallest absolute Gasteiger partial charge is 0.356 e. The second-order valence-electron chi connectivity index (χ2n) is 4.86. The molecule has 9 nitrogen and oxygen atoms in total. The fourth-order valence-electron chi connectivity index (χ4n) is 1.95. The third-order valence-electron chi connectivity index (χ3n) is 3.09. The van der Waals surface area contributed by atoms with E-state index in [1.54, 1.807) is 37.3 Å². The first-order chi connectivity index (χ1) is 12.0. The lowest BCUT2D eigenvalue weighted by atomic mass is 10.2. The molecule has 1 amide bonds. The van der Waals surface area contributed by atoms with E-state index in [1.165, 1.54) is 0 Å². The van der Waals surface area contributed by atoms with Gasteiger partial charge in [-0.25, -0.2) is 9.59 Å². The van der Waals surface area contributed by atoms with Gasteiger partial charge in [0.2, 0.25) is 0 Å². The number of nitrogens with one attached hydrogen (secondary N) is 3. The van der Waals surface area contributed by atoms with Gasteiger partial charge in [0.25, 0.3) is 5.91 Å². The van der Waals surface area contributed by atoms with E-state index in [2.05, 4.69) is 15.3 Å². The van der Waals surface area contributed by atoms with Gasteiger partial charge in [-0.1, -0.05) is 18.2 Å². The molecule has 1 aromatic carbocycles. The summed E-state index contributed by atoms with van der Waals surface area (Å²) in [7, 11) is 0. The summed E-state index contributed by atoms with van der Waals surface area (Å²) in [4.78, 5) is 51.2. The van der Waals surface area contributed by atoms with Gasteiger partial charge in [0, 0.05) is 5.56 Å². The Morgan fingerprint density at radius 2 is 1.80 bits per heavy atom. The maximum Gasteiger partial charge on any atom is 0.356 e. The summed E-state index contributed by atoms with van der Waals surface area (Å²) in [5.74, 6) is -1.87. The van der Waals surface area contributed by atoms with E-state index < -0.39 is 23.5 Å². The lowest BCUT2D eigenvalue weighted by Crippen LogP contribution is -2.30. The van der Waals surface area contributed by atoms with Crippen LogP contribution in [0, 0.1) is 0 Å². The zero-order valence-corrected chi connectivity index (χ0v) is 13.5.